The van der Waals surface area contributed by atoms with Gasteiger partial charge in [0, 0.05) is 5.75 Å². The van der Waals surface area contributed by atoms with Crippen LogP contribution in [0.15, 0.2) is 71.3 Å². The average molecular weight is 383 g/mol. The minimum absolute atomic E-state index is 0.139. The average Bonchev–Trinajstić information content (AvgIpc) is 2.67. The van der Waals surface area contributed by atoms with E-state index in [-0.39, 0.29) is 5.76 Å². The Labute approximate surface area is 165 Å². The number of cyclic esters (lactones) is 1. The molecule has 2 aromatic carbocycles. The van der Waals surface area contributed by atoms with E-state index in [9.17, 15) is 9.90 Å². The number of rotatable bonds is 7. The van der Waals surface area contributed by atoms with E-state index in [1.54, 1.807) is 0 Å². The van der Waals surface area contributed by atoms with Crippen LogP contribution in [0.2, 0.25) is 0 Å². The predicted octanol–water partition coefficient (Wildman–Crippen LogP) is 5.97. The number of hydrogen-bond acceptors (Lipinski definition) is 4. The van der Waals surface area contributed by atoms with Gasteiger partial charge < -0.3 is 9.84 Å². The van der Waals surface area contributed by atoms with Gasteiger partial charge in [-0.3, -0.25) is 0 Å². The summed E-state index contributed by atoms with van der Waals surface area (Å²) in [4.78, 5) is 13.1. The fraction of sp³-hybridized carbons (Fsp3) is 0.348. The summed E-state index contributed by atoms with van der Waals surface area (Å²) in [6, 6.07) is 19.7. The molecule has 0 bridgehead atoms. The molecule has 1 N–H and O–H groups in total. The van der Waals surface area contributed by atoms with Crippen molar-refractivity contribution in [1.82, 2.24) is 0 Å². The number of aliphatic hydroxyl groups is 1. The van der Waals surface area contributed by atoms with Crippen LogP contribution in [0.5, 0.6) is 0 Å². The van der Waals surface area contributed by atoms with Crippen molar-refractivity contribution in [3.05, 3.63) is 82.5 Å². The maximum Gasteiger partial charge on any atom is 0.348 e. The number of ether oxygens (including phenoxy) is 1. The molecule has 142 valence electrons. The standard InChI is InChI=1S/C23H26O3S/c1-17(2)13-14-23(19-11-7-4-8-12-19)15-20(24)21(22(25)26-23)27-16-18-9-5-3-6-10-18/h3-12,17,24H,13-16H2,1-2H3. The van der Waals surface area contributed by atoms with Gasteiger partial charge in [-0.15, -0.1) is 11.8 Å². The lowest BCUT2D eigenvalue weighted by Crippen LogP contribution is -2.37. The van der Waals surface area contributed by atoms with E-state index >= 15 is 0 Å². The summed E-state index contributed by atoms with van der Waals surface area (Å²) in [6.07, 6.45) is 1.94. The van der Waals surface area contributed by atoms with Crippen molar-refractivity contribution in [2.45, 2.75) is 44.5 Å². The molecular weight excluding hydrogens is 356 g/mol. The van der Waals surface area contributed by atoms with Crippen LogP contribution in [-0.4, -0.2) is 11.1 Å². The number of aliphatic hydroxyl groups excluding tert-OH is 1. The predicted molar refractivity (Wildman–Crippen MR) is 110 cm³/mol. The fourth-order valence-electron chi connectivity index (χ4n) is 3.31. The van der Waals surface area contributed by atoms with Gasteiger partial charge in [0.15, 0.2) is 0 Å². The number of carbonyl (C=O) groups is 1. The maximum atomic E-state index is 12.8. The Kier molecular flexibility index (Phi) is 6.27. The van der Waals surface area contributed by atoms with Crippen LogP contribution in [-0.2, 0) is 20.9 Å². The Balaban J connectivity index is 1.84. The lowest BCUT2D eigenvalue weighted by Gasteiger charge is -2.38. The van der Waals surface area contributed by atoms with Gasteiger partial charge in [-0.25, -0.2) is 4.79 Å². The minimum atomic E-state index is -0.788. The second-order valence-corrected chi connectivity index (χ2v) is 8.39. The summed E-state index contributed by atoms with van der Waals surface area (Å²) in [5.41, 5.74) is 1.26. The molecule has 1 aliphatic rings. The summed E-state index contributed by atoms with van der Waals surface area (Å²) in [5, 5.41) is 10.7. The first kappa shape index (κ1) is 19.6. The number of thioether (sulfide) groups is 1. The molecule has 0 fully saturated rings. The van der Waals surface area contributed by atoms with Crippen molar-refractivity contribution >= 4 is 17.7 Å². The largest absolute Gasteiger partial charge is 0.511 e. The molecule has 0 saturated heterocycles. The molecule has 0 aromatic heterocycles. The van der Waals surface area contributed by atoms with Crippen LogP contribution in [0.3, 0.4) is 0 Å². The summed E-state index contributed by atoms with van der Waals surface area (Å²) in [7, 11) is 0. The quantitative estimate of drug-likeness (QED) is 0.600. The zero-order valence-electron chi connectivity index (χ0n) is 15.9. The van der Waals surface area contributed by atoms with Crippen LogP contribution in [0, 0.1) is 5.92 Å². The summed E-state index contributed by atoms with van der Waals surface area (Å²) >= 11 is 1.34. The van der Waals surface area contributed by atoms with Crippen molar-refractivity contribution in [3.63, 3.8) is 0 Å². The number of benzene rings is 2. The van der Waals surface area contributed by atoms with Gasteiger partial charge in [0.05, 0.1) is 6.42 Å². The van der Waals surface area contributed by atoms with Crippen LogP contribution in [0.25, 0.3) is 0 Å². The van der Waals surface area contributed by atoms with Crippen molar-refractivity contribution in [2.24, 2.45) is 5.92 Å². The lowest BCUT2D eigenvalue weighted by molar-refractivity contribution is -0.160. The highest BCUT2D eigenvalue weighted by atomic mass is 32.2. The second-order valence-electron chi connectivity index (χ2n) is 7.41. The minimum Gasteiger partial charge on any atom is -0.511 e. The van der Waals surface area contributed by atoms with E-state index in [1.165, 1.54) is 11.8 Å². The van der Waals surface area contributed by atoms with Gasteiger partial charge in [-0.05, 0) is 29.9 Å². The Morgan fingerprint density at radius 2 is 1.70 bits per heavy atom. The highest BCUT2D eigenvalue weighted by Gasteiger charge is 2.43. The summed E-state index contributed by atoms with van der Waals surface area (Å²) in [5.74, 6) is 0.830. The molecule has 1 unspecified atom stereocenters. The van der Waals surface area contributed by atoms with E-state index in [0.29, 0.717) is 29.4 Å². The zero-order valence-corrected chi connectivity index (χ0v) is 16.7. The monoisotopic (exact) mass is 382 g/mol. The molecule has 3 nitrogen and oxygen atoms in total. The van der Waals surface area contributed by atoms with E-state index in [1.807, 2.05) is 60.7 Å². The van der Waals surface area contributed by atoms with E-state index in [4.69, 9.17) is 4.74 Å². The molecule has 0 amide bonds. The van der Waals surface area contributed by atoms with Crippen LogP contribution >= 0.6 is 11.8 Å². The molecule has 0 radical (unpaired) electrons. The van der Waals surface area contributed by atoms with Crippen molar-refractivity contribution < 1.29 is 14.6 Å². The Morgan fingerprint density at radius 1 is 1.07 bits per heavy atom. The Morgan fingerprint density at radius 3 is 2.30 bits per heavy atom. The highest BCUT2D eigenvalue weighted by Crippen LogP contribution is 2.44. The summed E-state index contributed by atoms with van der Waals surface area (Å²) in [6.45, 7) is 4.31. The normalized spacial score (nSPS) is 20.0. The molecule has 3 rings (SSSR count). The molecule has 0 saturated carbocycles. The molecule has 2 aromatic rings. The smallest absolute Gasteiger partial charge is 0.348 e. The van der Waals surface area contributed by atoms with Gasteiger partial charge in [-0.2, -0.15) is 0 Å². The van der Waals surface area contributed by atoms with E-state index < -0.39 is 11.6 Å². The fourth-order valence-corrected chi connectivity index (χ4v) is 4.21. The molecule has 0 aliphatic carbocycles. The number of hydrogen-bond donors (Lipinski definition) is 1. The molecule has 1 aliphatic heterocycles. The molecule has 1 atom stereocenters. The third-order valence-electron chi connectivity index (χ3n) is 4.84. The van der Waals surface area contributed by atoms with Gasteiger partial charge in [0.2, 0.25) is 0 Å². The van der Waals surface area contributed by atoms with Gasteiger partial charge >= 0.3 is 5.97 Å². The Bertz CT molecular complexity index is 799. The van der Waals surface area contributed by atoms with Crippen molar-refractivity contribution in [1.29, 1.82) is 0 Å². The van der Waals surface area contributed by atoms with Gasteiger partial charge in [-0.1, -0.05) is 74.5 Å². The first-order valence-corrected chi connectivity index (χ1v) is 10.4. The SMILES string of the molecule is CC(C)CCC1(c2ccccc2)CC(O)=C(SCc2ccccc2)C(=O)O1. The van der Waals surface area contributed by atoms with Crippen LogP contribution in [0.1, 0.15) is 44.2 Å². The lowest BCUT2D eigenvalue weighted by atomic mass is 9.82. The van der Waals surface area contributed by atoms with E-state index in [0.717, 1.165) is 17.5 Å². The molecule has 27 heavy (non-hydrogen) atoms. The Hall–Kier alpha value is -2.20. The molecule has 4 heteroatoms. The third-order valence-corrected chi connectivity index (χ3v) is 6.01. The maximum absolute atomic E-state index is 12.8. The number of esters is 1. The third kappa shape index (κ3) is 4.75. The first-order valence-electron chi connectivity index (χ1n) is 9.38. The molecule has 0 spiro atoms. The van der Waals surface area contributed by atoms with Crippen LogP contribution in [0.4, 0.5) is 0 Å². The number of carbonyl (C=O) groups excluding carboxylic acids is 1. The summed E-state index contributed by atoms with van der Waals surface area (Å²) < 4.78 is 6.00. The second kappa shape index (κ2) is 8.66. The highest BCUT2D eigenvalue weighted by molar-refractivity contribution is 8.03. The van der Waals surface area contributed by atoms with Gasteiger partial charge in [0.25, 0.3) is 0 Å². The van der Waals surface area contributed by atoms with Gasteiger partial charge in [0.1, 0.15) is 16.3 Å². The molecular formula is C23H26O3S. The molecule has 1 heterocycles. The topological polar surface area (TPSA) is 46.5 Å². The van der Waals surface area contributed by atoms with Crippen molar-refractivity contribution in [2.75, 3.05) is 0 Å². The van der Waals surface area contributed by atoms with Crippen LogP contribution < -0.4 is 0 Å². The zero-order chi connectivity index (χ0) is 19.3. The first-order chi connectivity index (χ1) is 13.0. The van der Waals surface area contributed by atoms with Crippen molar-refractivity contribution in [3.8, 4) is 0 Å². The van der Waals surface area contributed by atoms with E-state index in [2.05, 4.69) is 13.8 Å².